The molecule has 4 rings (SSSR count). The molecule has 0 aliphatic carbocycles. The van der Waals surface area contributed by atoms with Crippen LogP contribution in [0.5, 0.6) is 0 Å². The van der Waals surface area contributed by atoms with Gasteiger partial charge < -0.3 is 15.6 Å². The van der Waals surface area contributed by atoms with Gasteiger partial charge in [-0.25, -0.2) is 4.98 Å². The average molecular weight is 410 g/mol. The summed E-state index contributed by atoms with van der Waals surface area (Å²) in [6, 6.07) is 9.93. The minimum atomic E-state index is 0.0118. The van der Waals surface area contributed by atoms with Gasteiger partial charge in [0.1, 0.15) is 5.82 Å². The molecule has 0 radical (unpaired) electrons. The third-order valence-electron chi connectivity index (χ3n) is 5.53. The molecule has 1 saturated heterocycles. The number of carbonyl (C=O) groups excluding carboxylic acids is 1. The van der Waals surface area contributed by atoms with Crippen LogP contribution in [0.1, 0.15) is 30.1 Å². The molecule has 0 saturated carbocycles. The van der Waals surface area contributed by atoms with Gasteiger partial charge in [0.15, 0.2) is 0 Å². The zero-order valence-corrected chi connectivity index (χ0v) is 17.1. The van der Waals surface area contributed by atoms with Gasteiger partial charge in [-0.1, -0.05) is 17.7 Å². The highest BCUT2D eigenvalue weighted by Gasteiger charge is 2.26. The highest BCUT2D eigenvalue weighted by Crippen LogP contribution is 2.35. The van der Waals surface area contributed by atoms with Crippen LogP contribution in [-0.4, -0.2) is 45.4 Å². The topological polar surface area (TPSA) is 87.9 Å². The number of aromatic nitrogens is 3. The number of amides is 1. The predicted molar refractivity (Wildman–Crippen MR) is 115 cm³/mol. The number of imidazole rings is 1. The fraction of sp³-hybridized carbons (Fsp3) is 0.318. The maximum absolute atomic E-state index is 11.9. The van der Waals surface area contributed by atoms with E-state index in [9.17, 15) is 4.79 Å². The molecule has 0 bridgehead atoms. The molecule has 2 aromatic heterocycles. The molecule has 0 unspecified atom stereocenters. The van der Waals surface area contributed by atoms with Crippen LogP contribution in [0.3, 0.4) is 0 Å². The maximum Gasteiger partial charge on any atom is 0.236 e. The minimum absolute atomic E-state index is 0.0118. The Kier molecular flexibility index (Phi) is 5.65. The van der Waals surface area contributed by atoms with Crippen LogP contribution in [0.25, 0.3) is 22.5 Å². The Hall–Kier alpha value is -2.70. The van der Waals surface area contributed by atoms with E-state index in [0.29, 0.717) is 13.1 Å². The number of pyridine rings is 1. The number of halogens is 1. The summed E-state index contributed by atoms with van der Waals surface area (Å²) in [5.74, 6) is 1.25. The van der Waals surface area contributed by atoms with Crippen molar-refractivity contribution in [3.05, 3.63) is 59.1 Å². The van der Waals surface area contributed by atoms with Crippen molar-refractivity contribution in [3.63, 3.8) is 0 Å². The van der Waals surface area contributed by atoms with Crippen molar-refractivity contribution in [1.82, 2.24) is 19.9 Å². The summed E-state index contributed by atoms with van der Waals surface area (Å²) < 4.78 is 0. The lowest BCUT2D eigenvalue weighted by molar-refractivity contribution is -0.130. The van der Waals surface area contributed by atoms with Crippen LogP contribution in [0.15, 0.2) is 42.7 Å². The largest absolute Gasteiger partial charge is 0.342 e. The molecule has 3 heterocycles. The van der Waals surface area contributed by atoms with Gasteiger partial charge in [0.25, 0.3) is 0 Å². The van der Waals surface area contributed by atoms with E-state index in [1.54, 1.807) is 12.4 Å². The van der Waals surface area contributed by atoms with Gasteiger partial charge in [0, 0.05) is 47.6 Å². The van der Waals surface area contributed by atoms with E-state index in [1.165, 1.54) is 0 Å². The van der Waals surface area contributed by atoms with E-state index in [-0.39, 0.29) is 18.4 Å². The summed E-state index contributed by atoms with van der Waals surface area (Å²) in [6.45, 7) is 3.48. The third-order valence-corrected chi connectivity index (χ3v) is 5.96. The summed E-state index contributed by atoms with van der Waals surface area (Å²) >= 11 is 6.23. The summed E-state index contributed by atoms with van der Waals surface area (Å²) in [6.07, 6.45) is 5.30. The molecule has 0 spiro atoms. The number of carbonyl (C=O) groups is 1. The Morgan fingerprint density at radius 2 is 1.93 bits per heavy atom. The number of nitrogens with two attached hydrogens (primary N) is 1. The van der Waals surface area contributed by atoms with E-state index in [4.69, 9.17) is 22.3 Å². The molecule has 7 heteroatoms. The molecule has 3 N–H and O–H groups in total. The Balaban J connectivity index is 1.69. The number of benzene rings is 1. The van der Waals surface area contributed by atoms with E-state index >= 15 is 0 Å². The van der Waals surface area contributed by atoms with Crippen molar-refractivity contribution in [3.8, 4) is 22.5 Å². The van der Waals surface area contributed by atoms with Gasteiger partial charge in [0.05, 0.1) is 17.9 Å². The molecular formula is C22H24ClN5O. The van der Waals surface area contributed by atoms with Gasteiger partial charge >= 0.3 is 0 Å². The second-order valence-electron chi connectivity index (χ2n) is 7.40. The Labute approximate surface area is 175 Å². The normalized spacial score (nSPS) is 14.9. The maximum atomic E-state index is 11.9. The van der Waals surface area contributed by atoms with Crippen molar-refractivity contribution in [1.29, 1.82) is 0 Å². The van der Waals surface area contributed by atoms with Gasteiger partial charge in [-0.2, -0.15) is 0 Å². The number of nitrogens with zero attached hydrogens (tertiary/aromatic N) is 3. The van der Waals surface area contributed by atoms with Gasteiger partial charge in [-0.15, -0.1) is 0 Å². The van der Waals surface area contributed by atoms with Crippen LogP contribution in [0.4, 0.5) is 0 Å². The van der Waals surface area contributed by atoms with Crippen molar-refractivity contribution in [2.24, 2.45) is 5.73 Å². The number of hydrogen-bond acceptors (Lipinski definition) is 4. The van der Waals surface area contributed by atoms with Crippen molar-refractivity contribution < 1.29 is 4.79 Å². The van der Waals surface area contributed by atoms with Crippen molar-refractivity contribution >= 4 is 17.5 Å². The number of nitrogens with one attached hydrogen (secondary N) is 1. The number of aromatic amines is 1. The smallest absolute Gasteiger partial charge is 0.236 e. The molecule has 1 aromatic carbocycles. The first-order chi connectivity index (χ1) is 14.1. The first-order valence-electron chi connectivity index (χ1n) is 9.81. The minimum Gasteiger partial charge on any atom is -0.342 e. The summed E-state index contributed by atoms with van der Waals surface area (Å²) in [7, 11) is 0. The average Bonchev–Trinajstić information content (AvgIpc) is 3.21. The standard InChI is InChI=1S/C22H24ClN5O/c1-14-12-17(2-3-18(14)23)21-20(15-4-8-25-9-5-15)26-22(27-21)16-6-10-28(11-7-16)19(29)13-24/h2-5,8-9,12,16H,6-7,10-11,13,24H2,1H3,(H,26,27). The Morgan fingerprint density at radius 1 is 1.21 bits per heavy atom. The number of piperidine rings is 1. The SMILES string of the molecule is Cc1cc(-c2nc(C3CCN(C(=O)CN)CC3)[nH]c2-c2ccncc2)ccc1Cl. The van der Waals surface area contributed by atoms with Crippen LogP contribution < -0.4 is 5.73 Å². The lowest BCUT2D eigenvalue weighted by Gasteiger charge is -2.30. The molecule has 29 heavy (non-hydrogen) atoms. The highest BCUT2D eigenvalue weighted by atomic mass is 35.5. The molecular weight excluding hydrogens is 386 g/mol. The van der Waals surface area contributed by atoms with Crippen molar-refractivity contribution in [2.45, 2.75) is 25.7 Å². The molecule has 1 aliphatic heterocycles. The number of likely N-dealkylation sites (tertiary alicyclic amines) is 1. The monoisotopic (exact) mass is 409 g/mol. The van der Waals surface area contributed by atoms with Crippen LogP contribution in [0, 0.1) is 6.92 Å². The van der Waals surface area contributed by atoms with Crippen molar-refractivity contribution in [2.75, 3.05) is 19.6 Å². The van der Waals surface area contributed by atoms with E-state index in [2.05, 4.69) is 16.0 Å². The van der Waals surface area contributed by atoms with Gasteiger partial charge in [-0.3, -0.25) is 9.78 Å². The fourth-order valence-electron chi connectivity index (χ4n) is 3.84. The van der Waals surface area contributed by atoms with E-state index in [0.717, 1.165) is 51.8 Å². The van der Waals surface area contributed by atoms with Crippen LogP contribution in [-0.2, 0) is 4.79 Å². The van der Waals surface area contributed by atoms with Crippen LogP contribution >= 0.6 is 11.6 Å². The van der Waals surface area contributed by atoms with E-state index < -0.39 is 0 Å². The molecule has 1 amide bonds. The zero-order valence-electron chi connectivity index (χ0n) is 16.4. The molecule has 0 atom stereocenters. The van der Waals surface area contributed by atoms with Gasteiger partial charge in [-0.05, 0) is 49.6 Å². The summed E-state index contributed by atoms with van der Waals surface area (Å²) in [5.41, 5.74) is 10.5. The second-order valence-corrected chi connectivity index (χ2v) is 7.81. The molecule has 1 aliphatic rings. The second kappa shape index (κ2) is 8.35. The number of hydrogen-bond donors (Lipinski definition) is 2. The fourth-order valence-corrected chi connectivity index (χ4v) is 3.96. The molecule has 150 valence electrons. The molecule has 3 aromatic rings. The molecule has 1 fully saturated rings. The lowest BCUT2D eigenvalue weighted by Crippen LogP contribution is -2.41. The number of H-pyrrole nitrogens is 1. The van der Waals surface area contributed by atoms with E-state index in [1.807, 2.05) is 36.1 Å². The summed E-state index contributed by atoms with van der Waals surface area (Å²) in [4.78, 5) is 26.4. The first-order valence-corrected chi connectivity index (χ1v) is 10.2. The summed E-state index contributed by atoms with van der Waals surface area (Å²) in [5, 5.41) is 0.743. The lowest BCUT2D eigenvalue weighted by atomic mass is 9.96. The third kappa shape index (κ3) is 4.04. The quantitative estimate of drug-likeness (QED) is 0.686. The van der Waals surface area contributed by atoms with Crippen LogP contribution in [0.2, 0.25) is 5.02 Å². The number of aryl methyl sites for hydroxylation is 1. The predicted octanol–water partition coefficient (Wildman–Crippen LogP) is 3.77. The number of rotatable bonds is 4. The Morgan fingerprint density at radius 3 is 2.59 bits per heavy atom. The van der Waals surface area contributed by atoms with Gasteiger partial charge in [0.2, 0.25) is 5.91 Å². The first kappa shape index (κ1) is 19.6. The zero-order chi connectivity index (χ0) is 20.4. The molecule has 6 nitrogen and oxygen atoms in total. The highest BCUT2D eigenvalue weighted by molar-refractivity contribution is 6.31. The Bertz CT molecular complexity index is 1010.